The molecule has 0 fully saturated rings. The molecule has 130 valence electrons. The van der Waals surface area contributed by atoms with E-state index in [2.05, 4.69) is 34.1 Å². The van der Waals surface area contributed by atoms with Crippen LogP contribution in [0, 0.1) is 0 Å². The van der Waals surface area contributed by atoms with Crippen molar-refractivity contribution in [3.63, 3.8) is 0 Å². The first-order valence-electron chi connectivity index (χ1n) is 8.38. The molecule has 0 N–H and O–H groups in total. The summed E-state index contributed by atoms with van der Waals surface area (Å²) in [5.41, 5.74) is 2.41. The molecule has 0 atom stereocenters. The van der Waals surface area contributed by atoms with Gasteiger partial charge in [0.1, 0.15) is 5.75 Å². The predicted molar refractivity (Wildman–Crippen MR) is 104 cm³/mol. The van der Waals surface area contributed by atoms with E-state index in [0.717, 1.165) is 48.4 Å². The molecule has 0 heterocycles. The summed E-state index contributed by atoms with van der Waals surface area (Å²) in [6.07, 6.45) is 4.06. The van der Waals surface area contributed by atoms with Gasteiger partial charge < -0.3 is 9.47 Å². The molecule has 2 nitrogen and oxygen atoms in total. The van der Waals surface area contributed by atoms with Crippen LogP contribution in [0.2, 0.25) is 0 Å². The van der Waals surface area contributed by atoms with Crippen molar-refractivity contribution in [2.45, 2.75) is 32.3 Å². The average Bonchev–Trinajstić information content (AvgIpc) is 2.61. The number of hydrogen-bond acceptors (Lipinski definition) is 2. The third kappa shape index (κ3) is 7.25. The number of halogens is 2. The zero-order valence-corrected chi connectivity index (χ0v) is 16.2. The van der Waals surface area contributed by atoms with Crippen LogP contribution in [-0.4, -0.2) is 19.1 Å². The van der Waals surface area contributed by atoms with E-state index < -0.39 is 0 Å². The van der Waals surface area contributed by atoms with E-state index in [1.165, 1.54) is 11.1 Å². The summed E-state index contributed by atoms with van der Waals surface area (Å²) < 4.78 is 12.7. The Morgan fingerprint density at radius 3 is 2.54 bits per heavy atom. The molecule has 0 aliphatic heterocycles. The van der Waals surface area contributed by atoms with E-state index in [1.807, 2.05) is 30.3 Å². The zero-order valence-electron chi connectivity index (χ0n) is 13.8. The highest BCUT2D eigenvalue weighted by Crippen LogP contribution is 2.23. The van der Waals surface area contributed by atoms with Gasteiger partial charge in [-0.15, -0.1) is 11.6 Å². The van der Waals surface area contributed by atoms with Crippen LogP contribution in [0.25, 0.3) is 0 Å². The molecule has 0 aromatic heterocycles. The molecule has 24 heavy (non-hydrogen) atoms. The van der Waals surface area contributed by atoms with Crippen molar-refractivity contribution in [2.24, 2.45) is 0 Å². The molecule has 0 amide bonds. The van der Waals surface area contributed by atoms with Crippen LogP contribution in [0.1, 0.15) is 30.4 Å². The first kappa shape index (κ1) is 19.3. The van der Waals surface area contributed by atoms with Crippen LogP contribution >= 0.6 is 27.5 Å². The van der Waals surface area contributed by atoms with Gasteiger partial charge in [-0.25, -0.2) is 0 Å². The first-order valence-corrected chi connectivity index (χ1v) is 9.71. The molecule has 0 saturated heterocycles. The van der Waals surface area contributed by atoms with Gasteiger partial charge in [0.2, 0.25) is 0 Å². The lowest BCUT2D eigenvalue weighted by molar-refractivity contribution is 0.123. The summed E-state index contributed by atoms with van der Waals surface area (Å²) >= 11 is 9.28. The Hall–Kier alpha value is -1.03. The Balaban J connectivity index is 1.74. The van der Waals surface area contributed by atoms with Gasteiger partial charge in [-0.3, -0.25) is 0 Å². The lowest BCUT2D eigenvalue weighted by Gasteiger charge is -2.10. The molecule has 0 aliphatic rings. The van der Waals surface area contributed by atoms with Crippen molar-refractivity contribution in [3.05, 3.63) is 64.1 Å². The summed E-state index contributed by atoms with van der Waals surface area (Å²) in [5, 5.41) is 0. The van der Waals surface area contributed by atoms with Crippen LogP contribution < -0.4 is 4.74 Å². The van der Waals surface area contributed by atoms with Crippen molar-refractivity contribution >= 4 is 27.5 Å². The summed E-state index contributed by atoms with van der Waals surface area (Å²) in [5.74, 6) is 1.65. The zero-order chi connectivity index (χ0) is 17.0. The number of unbranched alkanes of at least 4 members (excludes halogenated alkanes) is 2. The summed E-state index contributed by atoms with van der Waals surface area (Å²) in [7, 11) is 0. The molecular formula is C20H24BrClO2. The summed E-state index contributed by atoms with van der Waals surface area (Å²) in [6, 6.07) is 16.4. The van der Waals surface area contributed by atoms with Crippen molar-refractivity contribution < 1.29 is 9.47 Å². The van der Waals surface area contributed by atoms with Gasteiger partial charge in [-0.05, 0) is 55.0 Å². The maximum atomic E-state index is 5.82. The Bertz CT molecular complexity index is 589. The fourth-order valence-electron chi connectivity index (χ4n) is 2.34. The summed E-state index contributed by atoms with van der Waals surface area (Å²) in [4.78, 5) is 0. The smallest absolute Gasteiger partial charge is 0.119 e. The van der Waals surface area contributed by atoms with Gasteiger partial charge >= 0.3 is 0 Å². The molecule has 4 heteroatoms. The number of rotatable bonds is 11. The van der Waals surface area contributed by atoms with Gasteiger partial charge in [0.15, 0.2) is 0 Å². The minimum Gasteiger partial charge on any atom is -0.494 e. The fourth-order valence-corrected chi connectivity index (χ4v) is 2.98. The lowest BCUT2D eigenvalue weighted by atomic mass is 10.1. The van der Waals surface area contributed by atoms with Crippen molar-refractivity contribution in [2.75, 3.05) is 19.1 Å². The average molecular weight is 412 g/mol. The SMILES string of the molecule is ClCCCCCOc1ccc(Br)c(CCOCc2ccccc2)c1. The molecule has 0 aliphatic carbocycles. The largest absolute Gasteiger partial charge is 0.494 e. The number of hydrogen-bond donors (Lipinski definition) is 0. The Morgan fingerprint density at radius 2 is 1.75 bits per heavy atom. The van der Waals surface area contributed by atoms with Crippen molar-refractivity contribution in [3.8, 4) is 5.75 Å². The highest BCUT2D eigenvalue weighted by atomic mass is 79.9. The molecule has 0 spiro atoms. The molecule has 2 aromatic rings. The quantitative estimate of drug-likeness (QED) is 0.334. The van der Waals surface area contributed by atoms with Crippen LogP contribution in [0.5, 0.6) is 5.75 Å². The minimum atomic E-state index is 0.648. The topological polar surface area (TPSA) is 18.5 Å². The molecular weight excluding hydrogens is 388 g/mol. The van der Waals surface area contributed by atoms with Crippen LogP contribution in [0.3, 0.4) is 0 Å². The van der Waals surface area contributed by atoms with Crippen molar-refractivity contribution in [1.82, 2.24) is 0 Å². The predicted octanol–water partition coefficient (Wildman–Crippen LogP) is 6.00. The third-order valence-electron chi connectivity index (χ3n) is 3.69. The molecule has 0 saturated carbocycles. The molecule has 0 unspecified atom stereocenters. The van der Waals surface area contributed by atoms with Crippen LogP contribution in [0.4, 0.5) is 0 Å². The highest BCUT2D eigenvalue weighted by molar-refractivity contribution is 9.10. The number of ether oxygens (including phenoxy) is 2. The van der Waals surface area contributed by atoms with E-state index >= 15 is 0 Å². The van der Waals surface area contributed by atoms with Crippen molar-refractivity contribution in [1.29, 1.82) is 0 Å². The van der Waals surface area contributed by atoms with E-state index in [-0.39, 0.29) is 0 Å². The van der Waals surface area contributed by atoms with Gasteiger partial charge in [0.05, 0.1) is 19.8 Å². The Kier molecular flexibility index (Phi) is 9.26. The third-order valence-corrected chi connectivity index (χ3v) is 4.73. The Morgan fingerprint density at radius 1 is 0.917 bits per heavy atom. The van der Waals surface area contributed by atoms with E-state index in [9.17, 15) is 0 Å². The first-order chi connectivity index (χ1) is 11.8. The fraction of sp³-hybridized carbons (Fsp3) is 0.400. The Labute approximate surface area is 158 Å². The molecule has 2 aromatic carbocycles. The van der Waals surface area contributed by atoms with E-state index in [1.54, 1.807) is 0 Å². The summed E-state index contributed by atoms with van der Waals surface area (Å²) in [6.45, 7) is 2.07. The highest BCUT2D eigenvalue weighted by Gasteiger charge is 2.03. The number of benzene rings is 2. The van der Waals surface area contributed by atoms with Gasteiger partial charge in [-0.2, -0.15) is 0 Å². The monoisotopic (exact) mass is 410 g/mol. The maximum Gasteiger partial charge on any atom is 0.119 e. The van der Waals surface area contributed by atoms with E-state index in [4.69, 9.17) is 21.1 Å². The van der Waals surface area contributed by atoms with Gasteiger partial charge in [0.25, 0.3) is 0 Å². The van der Waals surface area contributed by atoms with Gasteiger partial charge in [0, 0.05) is 10.4 Å². The second-order valence-corrected chi connectivity index (χ2v) is 6.87. The standard InChI is InChI=1S/C20H24BrClO2/c21-20-10-9-19(24-13-6-2-5-12-22)15-18(20)11-14-23-16-17-7-3-1-4-8-17/h1,3-4,7-10,15H,2,5-6,11-14,16H2. The maximum absolute atomic E-state index is 5.82. The minimum absolute atomic E-state index is 0.648. The second kappa shape index (κ2) is 11.5. The molecule has 0 radical (unpaired) electrons. The molecule has 0 bridgehead atoms. The van der Waals surface area contributed by atoms with Gasteiger partial charge in [-0.1, -0.05) is 46.3 Å². The number of alkyl halides is 1. The second-order valence-electron chi connectivity index (χ2n) is 5.64. The normalized spacial score (nSPS) is 10.8. The van der Waals surface area contributed by atoms with Crippen LogP contribution in [0.15, 0.2) is 53.0 Å². The lowest BCUT2D eigenvalue weighted by Crippen LogP contribution is -2.02. The van der Waals surface area contributed by atoms with Crippen LogP contribution in [-0.2, 0) is 17.8 Å². The molecule has 2 rings (SSSR count). The van der Waals surface area contributed by atoms with E-state index in [0.29, 0.717) is 13.2 Å².